The maximum atomic E-state index is 14.5. The minimum absolute atomic E-state index is 0.0183. The summed E-state index contributed by atoms with van der Waals surface area (Å²) >= 11 is 0. The predicted octanol–water partition coefficient (Wildman–Crippen LogP) is 3.21. The number of carbonyl (C=O) groups is 2. The fraction of sp³-hybridized carbons (Fsp3) is 0.333. The van der Waals surface area contributed by atoms with Crippen LogP contribution in [-0.4, -0.2) is 56.5 Å². The molecule has 3 N–H and O–H groups in total. The Kier molecular flexibility index (Phi) is 5.56. The molecule has 3 heterocycles. The zero-order valence-electron chi connectivity index (χ0n) is 17.8. The third kappa shape index (κ3) is 4.01. The Morgan fingerprint density at radius 2 is 2.06 bits per heavy atom. The third-order valence-electron chi connectivity index (χ3n) is 5.34. The van der Waals surface area contributed by atoms with E-state index in [-0.39, 0.29) is 35.3 Å². The van der Waals surface area contributed by atoms with E-state index in [1.807, 2.05) is 24.8 Å². The summed E-state index contributed by atoms with van der Waals surface area (Å²) in [5.41, 5.74) is 0.703. The molecule has 168 valence electrons. The number of nitrogens with zero attached hydrogens (tertiary/aromatic N) is 4. The van der Waals surface area contributed by atoms with Gasteiger partial charge in [-0.1, -0.05) is 0 Å². The normalized spacial score (nSPS) is 13.8. The molecule has 1 aromatic carbocycles. The minimum atomic E-state index is -1.40. The Morgan fingerprint density at radius 1 is 1.28 bits per heavy atom. The first-order valence-electron chi connectivity index (χ1n) is 10.1. The van der Waals surface area contributed by atoms with E-state index in [9.17, 15) is 14.0 Å². The number of fused-ring (bicyclic) bond motifs is 2. The average Bonchev–Trinajstić information content (AvgIpc) is 3.02. The molecule has 11 heteroatoms. The molecule has 32 heavy (non-hydrogen) atoms. The average molecular weight is 442 g/mol. The number of halogens is 1. The number of methoxy groups -OCH3 is 1. The van der Waals surface area contributed by atoms with Crippen molar-refractivity contribution in [3.8, 4) is 5.75 Å². The molecule has 0 saturated carbocycles. The molecule has 10 nitrogen and oxygen atoms in total. The minimum Gasteiger partial charge on any atom is -0.494 e. The summed E-state index contributed by atoms with van der Waals surface area (Å²) in [5, 5.41) is 19.5. The van der Waals surface area contributed by atoms with Gasteiger partial charge in [-0.3, -0.25) is 14.8 Å². The highest BCUT2D eigenvalue weighted by Gasteiger charge is 2.24. The summed E-state index contributed by atoms with van der Waals surface area (Å²) in [6.07, 6.45) is 0.659. The van der Waals surface area contributed by atoms with E-state index in [4.69, 9.17) is 9.84 Å². The quantitative estimate of drug-likeness (QED) is 0.555. The Bertz CT molecular complexity index is 1210. The molecule has 0 aliphatic carbocycles. The number of ether oxygens (including phenoxy) is 1. The molecule has 1 aliphatic heterocycles. The van der Waals surface area contributed by atoms with Crippen LogP contribution in [0, 0.1) is 5.82 Å². The van der Waals surface area contributed by atoms with Gasteiger partial charge in [0.1, 0.15) is 12.4 Å². The van der Waals surface area contributed by atoms with E-state index in [0.717, 1.165) is 5.69 Å². The fourth-order valence-electron chi connectivity index (χ4n) is 3.80. The number of aromatic nitrogens is 3. The second kappa shape index (κ2) is 8.33. The van der Waals surface area contributed by atoms with Crippen LogP contribution < -0.4 is 15.4 Å². The topological polar surface area (TPSA) is 122 Å². The molecule has 0 atom stereocenters. The van der Waals surface area contributed by atoms with Gasteiger partial charge in [0.15, 0.2) is 17.4 Å². The zero-order chi connectivity index (χ0) is 23.0. The summed E-state index contributed by atoms with van der Waals surface area (Å²) in [6, 6.07) is 5.10. The summed E-state index contributed by atoms with van der Waals surface area (Å²) in [7, 11) is 1.30. The van der Waals surface area contributed by atoms with Crippen molar-refractivity contribution < 1.29 is 23.8 Å². The van der Waals surface area contributed by atoms with Crippen molar-refractivity contribution in [1.29, 1.82) is 0 Å². The molecule has 2 aromatic heterocycles. The first-order chi connectivity index (χ1) is 15.3. The Balaban J connectivity index is 1.63. The van der Waals surface area contributed by atoms with Crippen LogP contribution in [0.5, 0.6) is 5.75 Å². The molecule has 0 saturated heterocycles. The lowest BCUT2D eigenvalue weighted by molar-refractivity contribution is -0.133. The van der Waals surface area contributed by atoms with E-state index < -0.39 is 11.9 Å². The van der Waals surface area contributed by atoms with Gasteiger partial charge in [0.25, 0.3) is 0 Å². The highest BCUT2D eigenvalue weighted by atomic mass is 19.1. The number of anilines is 3. The maximum absolute atomic E-state index is 14.5. The largest absolute Gasteiger partial charge is 0.494 e. The predicted molar refractivity (Wildman–Crippen MR) is 116 cm³/mol. The first-order valence-corrected chi connectivity index (χ1v) is 10.1. The van der Waals surface area contributed by atoms with Crippen molar-refractivity contribution in [2.75, 3.05) is 24.3 Å². The van der Waals surface area contributed by atoms with E-state index >= 15 is 0 Å². The number of rotatable bonds is 5. The van der Waals surface area contributed by atoms with Gasteiger partial charge in [0.2, 0.25) is 5.91 Å². The standard InChI is InChI=1S/C21H23FN6O4/c1-11(2)27-5-4-13-8-17(26-28(13)10-18(27)29)24-16-7-12-6-15(32-3)19(22)20(25-21(30)31)14(12)9-23-16/h6-9,11,25H,4-5,10H2,1-3H3,(H,30,31)(H,23,24,26). The van der Waals surface area contributed by atoms with Crippen LogP contribution in [0.1, 0.15) is 19.5 Å². The second-order valence-electron chi connectivity index (χ2n) is 7.72. The molecule has 3 aromatic rings. The van der Waals surface area contributed by atoms with Gasteiger partial charge in [-0.2, -0.15) is 5.10 Å². The highest BCUT2D eigenvalue weighted by Crippen LogP contribution is 2.34. The van der Waals surface area contributed by atoms with E-state index in [1.54, 1.807) is 10.7 Å². The number of hydrogen-bond donors (Lipinski definition) is 3. The van der Waals surface area contributed by atoms with Crippen molar-refractivity contribution in [2.24, 2.45) is 0 Å². The number of hydrogen-bond acceptors (Lipinski definition) is 6. The summed E-state index contributed by atoms with van der Waals surface area (Å²) in [4.78, 5) is 29.7. The fourth-order valence-corrected chi connectivity index (χ4v) is 3.80. The van der Waals surface area contributed by atoms with Gasteiger partial charge in [-0.15, -0.1) is 0 Å². The molecule has 0 fully saturated rings. The Hall–Kier alpha value is -3.89. The lowest BCUT2D eigenvalue weighted by Crippen LogP contribution is -2.38. The van der Waals surface area contributed by atoms with Crippen LogP contribution in [0.25, 0.3) is 10.8 Å². The Labute approximate surface area is 183 Å². The molecule has 4 rings (SSSR count). The molecule has 0 unspecified atom stereocenters. The monoisotopic (exact) mass is 442 g/mol. The Morgan fingerprint density at radius 3 is 2.75 bits per heavy atom. The third-order valence-corrected chi connectivity index (χ3v) is 5.34. The van der Waals surface area contributed by atoms with Crippen molar-refractivity contribution >= 4 is 40.1 Å². The first kappa shape index (κ1) is 21.3. The van der Waals surface area contributed by atoms with Gasteiger partial charge < -0.3 is 20.1 Å². The van der Waals surface area contributed by atoms with Crippen LogP contribution in [0.2, 0.25) is 0 Å². The molecule has 1 aliphatic rings. The van der Waals surface area contributed by atoms with Gasteiger partial charge in [0.05, 0.1) is 12.8 Å². The highest BCUT2D eigenvalue weighted by molar-refractivity contribution is 6.01. The van der Waals surface area contributed by atoms with E-state index in [0.29, 0.717) is 30.0 Å². The van der Waals surface area contributed by atoms with Crippen LogP contribution in [0.15, 0.2) is 24.4 Å². The molecule has 2 amide bonds. The lowest BCUT2D eigenvalue weighted by Gasteiger charge is -2.24. The van der Waals surface area contributed by atoms with E-state index in [2.05, 4.69) is 20.7 Å². The molecular formula is C21H23FN6O4. The van der Waals surface area contributed by atoms with Gasteiger partial charge >= 0.3 is 6.09 Å². The molecular weight excluding hydrogens is 419 g/mol. The number of amides is 2. The number of carboxylic acid groups (broad SMARTS) is 1. The summed E-state index contributed by atoms with van der Waals surface area (Å²) < 4.78 is 21.3. The lowest BCUT2D eigenvalue weighted by atomic mass is 10.1. The van der Waals surface area contributed by atoms with Gasteiger partial charge in [-0.05, 0) is 31.4 Å². The van der Waals surface area contributed by atoms with E-state index in [1.165, 1.54) is 19.4 Å². The number of benzene rings is 1. The summed E-state index contributed by atoms with van der Waals surface area (Å²) in [6.45, 7) is 4.77. The maximum Gasteiger partial charge on any atom is 0.409 e. The summed E-state index contributed by atoms with van der Waals surface area (Å²) in [5.74, 6) is 0.0550. The smallest absolute Gasteiger partial charge is 0.409 e. The number of carbonyl (C=O) groups excluding carboxylic acids is 1. The molecule has 0 radical (unpaired) electrons. The van der Waals surface area contributed by atoms with Crippen molar-refractivity contribution in [1.82, 2.24) is 19.7 Å². The molecule has 0 spiro atoms. The van der Waals surface area contributed by atoms with Crippen LogP contribution in [0.3, 0.4) is 0 Å². The number of nitrogens with one attached hydrogen (secondary N) is 2. The van der Waals surface area contributed by atoms with Crippen molar-refractivity contribution in [3.63, 3.8) is 0 Å². The number of pyridine rings is 1. The van der Waals surface area contributed by atoms with Gasteiger partial charge in [0, 0.05) is 42.4 Å². The van der Waals surface area contributed by atoms with Gasteiger partial charge in [-0.25, -0.2) is 14.2 Å². The van der Waals surface area contributed by atoms with Crippen LogP contribution >= 0.6 is 0 Å². The second-order valence-corrected chi connectivity index (χ2v) is 7.72. The van der Waals surface area contributed by atoms with Crippen molar-refractivity contribution in [3.05, 3.63) is 35.9 Å². The SMILES string of the molecule is COc1cc2cc(Nc3cc4n(n3)CC(=O)N(C(C)C)CC4)ncc2c(NC(=O)O)c1F. The molecule has 0 bridgehead atoms. The van der Waals surface area contributed by atoms with Crippen LogP contribution in [-0.2, 0) is 17.8 Å². The van der Waals surface area contributed by atoms with Crippen molar-refractivity contribution in [2.45, 2.75) is 32.9 Å². The van der Waals surface area contributed by atoms with Crippen LogP contribution in [0.4, 0.5) is 26.5 Å². The zero-order valence-corrected chi connectivity index (χ0v) is 17.8.